The Kier molecular flexibility index (Phi) is 2.75. The van der Waals surface area contributed by atoms with Crippen LogP contribution in [0.5, 0.6) is 0 Å². The molecule has 0 amide bonds. The maximum atomic E-state index is 5.80. The van der Waals surface area contributed by atoms with Gasteiger partial charge < -0.3 is 11.1 Å². The van der Waals surface area contributed by atoms with Crippen LogP contribution >= 0.6 is 0 Å². The maximum absolute atomic E-state index is 5.80. The van der Waals surface area contributed by atoms with Crippen molar-refractivity contribution in [2.45, 2.75) is 45.6 Å². The Hall–Kier alpha value is -1.32. The van der Waals surface area contributed by atoms with E-state index in [1.54, 1.807) is 0 Å². The molecule has 1 aliphatic carbocycles. The summed E-state index contributed by atoms with van der Waals surface area (Å²) in [4.78, 5) is 8.53. The number of nitrogens with zero attached hydrogens (tertiary/aromatic N) is 2. The fourth-order valence-electron chi connectivity index (χ4n) is 2.05. The number of aryl methyl sites for hydroxylation is 1. The van der Waals surface area contributed by atoms with Crippen molar-refractivity contribution in [2.75, 3.05) is 11.1 Å². The quantitative estimate of drug-likeness (QED) is 0.777. The highest BCUT2D eigenvalue weighted by Crippen LogP contribution is 2.24. The van der Waals surface area contributed by atoms with Crippen molar-refractivity contribution in [2.24, 2.45) is 0 Å². The predicted molar refractivity (Wildman–Crippen MR) is 61.8 cm³/mol. The van der Waals surface area contributed by atoms with Gasteiger partial charge in [0.15, 0.2) is 0 Å². The molecule has 1 saturated carbocycles. The van der Waals surface area contributed by atoms with E-state index in [2.05, 4.69) is 15.3 Å². The van der Waals surface area contributed by atoms with Gasteiger partial charge in [0.2, 0.25) is 0 Å². The second kappa shape index (κ2) is 4.04. The molecular formula is C11H18N4. The number of nitrogens with one attached hydrogen (secondary N) is 1. The molecule has 2 rings (SSSR count). The van der Waals surface area contributed by atoms with E-state index in [-0.39, 0.29) is 0 Å². The van der Waals surface area contributed by atoms with Crippen LogP contribution < -0.4 is 11.1 Å². The van der Waals surface area contributed by atoms with Crippen LogP contribution in [-0.2, 0) is 0 Å². The molecule has 0 bridgehead atoms. The van der Waals surface area contributed by atoms with E-state index in [9.17, 15) is 0 Å². The molecule has 0 aromatic carbocycles. The average molecular weight is 206 g/mol. The lowest BCUT2D eigenvalue weighted by atomic mass is 10.2. The molecule has 1 heterocycles. The van der Waals surface area contributed by atoms with Gasteiger partial charge in [-0.25, -0.2) is 9.97 Å². The maximum Gasteiger partial charge on any atom is 0.134 e. The molecule has 4 heteroatoms. The van der Waals surface area contributed by atoms with Gasteiger partial charge in [-0.05, 0) is 26.7 Å². The van der Waals surface area contributed by atoms with Crippen LogP contribution in [0.1, 0.15) is 37.1 Å². The van der Waals surface area contributed by atoms with Gasteiger partial charge in [-0.1, -0.05) is 12.8 Å². The van der Waals surface area contributed by atoms with E-state index in [0.29, 0.717) is 11.9 Å². The van der Waals surface area contributed by atoms with Gasteiger partial charge in [-0.3, -0.25) is 0 Å². The molecule has 0 unspecified atom stereocenters. The van der Waals surface area contributed by atoms with Crippen molar-refractivity contribution in [3.8, 4) is 0 Å². The number of hydrogen-bond acceptors (Lipinski definition) is 4. The van der Waals surface area contributed by atoms with Gasteiger partial charge in [0.25, 0.3) is 0 Å². The zero-order valence-electron chi connectivity index (χ0n) is 9.38. The minimum absolute atomic E-state index is 0.567. The number of hydrogen-bond donors (Lipinski definition) is 2. The lowest BCUT2D eigenvalue weighted by Gasteiger charge is -2.15. The Bertz CT molecular complexity index is 356. The highest BCUT2D eigenvalue weighted by atomic mass is 15.1. The molecule has 1 aliphatic rings. The number of nitrogen functional groups attached to an aromatic ring is 1. The lowest BCUT2D eigenvalue weighted by Crippen LogP contribution is -2.17. The molecule has 0 radical (unpaired) electrons. The predicted octanol–water partition coefficient (Wildman–Crippen LogP) is 2.03. The summed E-state index contributed by atoms with van der Waals surface area (Å²) < 4.78 is 0. The van der Waals surface area contributed by atoms with Gasteiger partial charge in [0.05, 0.1) is 0 Å². The van der Waals surface area contributed by atoms with Crippen molar-refractivity contribution < 1.29 is 0 Å². The van der Waals surface area contributed by atoms with Gasteiger partial charge in [0.1, 0.15) is 17.5 Å². The minimum Gasteiger partial charge on any atom is -0.383 e. The van der Waals surface area contributed by atoms with Crippen LogP contribution in [0.2, 0.25) is 0 Å². The fourth-order valence-corrected chi connectivity index (χ4v) is 2.05. The largest absolute Gasteiger partial charge is 0.383 e. The van der Waals surface area contributed by atoms with Crippen molar-refractivity contribution in [1.82, 2.24) is 9.97 Å². The first-order valence-corrected chi connectivity index (χ1v) is 5.54. The summed E-state index contributed by atoms with van der Waals surface area (Å²) in [6, 6.07) is 0.567. The van der Waals surface area contributed by atoms with Crippen LogP contribution in [0.4, 0.5) is 11.6 Å². The Balaban J connectivity index is 2.19. The first-order chi connectivity index (χ1) is 7.16. The molecule has 1 aromatic heterocycles. The summed E-state index contributed by atoms with van der Waals surface area (Å²) in [5.74, 6) is 2.23. The molecule has 0 atom stereocenters. The summed E-state index contributed by atoms with van der Waals surface area (Å²) in [6.07, 6.45) is 5.11. The second-order valence-electron chi connectivity index (χ2n) is 4.26. The molecule has 3 N–H and O–H groups in total. The van der Waals surface area contributed by atoms with Crippen LogP contribution in [-0.4, -0.2) is 16.0 Å². The van der Waals surface area contributed by atoms with Crippen molar-refractivity contribution in [3.63, 3.8) is 0 Å². The van der Waals surface area contributed by atoms with Gasteiger partial charge in [0, 0.05) is 11.6 Å². The summed E-state index contributed by atoms with van der Waals surface area (Å²) in [6.45, 7) is 3.84. The lowest BCUT2D eigenvalue weighted by molar-refractivity contribution is 0.747. The van der Waals surface area contributed by atoms with Crippen molar-refractivity contribution in [1.29, 1.82) is 0 Å². The topological polar surface area (TPSA) is 63.8 Å². The highest BCUT2D eigenvalue weighted by molar-refractivity contribution is 5.55. The van der Waals surface area contributed by atoms with E-state index >= 15 is 0 Å². The van der Waals surface area contributed by atoms with E-state index < -0.39 is 0 Å². The van der Waals surface area contributed by atoms with Crippen LogP contribution in [0.3, 0.4) is 0 Å². The molecule has 0 saturated heterocycles. The molecule has 0 aliphatic heterocycles. The summed E-state index contributed by atoms with van der Waals surface area (Å²) >= 11 is 0. The molecule has 82 valence electrons. The Morgan fingerprint density at radius 2 is 1.87 bits per heavy atom. The van der Waals surface area contributed by atoms with Gasteiger partial charge in [-0.2, -0.15) is 0 Å². The van der Waals surface area contributed by atoms with Crippen LogP contribution in [0.25, 0.3) is 0 Å². The summed E-state index contributed by atoms with van der Waals surface area (Å²) in [5.41, 5.74) is 6.77. The number of nitrogens with two attached hydrogens (primary N) is 1. The van der Waals surface area contributed by atoms with Gasteiger partial charge >= 0.3 is 0 Å². The Morgan fingerprint density at radius 3 is 2.53 bits per heavy atom. The van der Waals surface area contributed by atoms with E-state index in [4.69, 9.17) is 5.73 Å². The first-order valence-electron chi connectivity index (χ1n) is 5.54. The van der Waals surface area contributed by atoms with Gasteiger partial charge in [-0.15, -0.1) is 0 Å². The molecule has 15 heavy (non-hydrogen) atoms. The third kappa shape index (κ3) is 2.19. The Morgan fingerprint density at radius 1 is 1.20 bits per heavy atom. The average Bonchev–Trinajstić information content (AvgIpc) is 2.66. The Labute approximate surface area is 90.3 Å². The monoisotopic (exact) mass is 206 g/mol. The van der Waals surface area contributed by atoms with Crippen LogP contribution in [0.15, 0.2) is 0 Å². The van der Waals surface area contributed by atoms with E-state index in [0.717, 1.165) is 17.2 Å². The standard InChI is InChI=1S/C11H18N4/c1-7-10(12)13-8(2)14-11(7)15-9-5-3-4-6-9/h9H,3-6H2,1-2H3,(H3,12,13,14,15). The summed E-state index contributed by atoms with van der Waals surface area (Å²) in [5, 5.41) is 3.46. The zero-order chi connectivity index (χ0) is 10.8. The van der Waals surface area contributed by atoms with Crippen molar-refractivity contribution in [3.05, 3.63) is 11.4 Å². The molecule has 1 fully saturated rings. The minimum atomic E-state index is 0.567. The SMILES string of the molecule is Cc1nc(N)c(C)c(NC2CCCC2)n1. The smallest absolute Gasteiger partial charge is 0.134 e. The third-order valence-corrected chi connectivity index (χ3v) is 2.99. The van der Waals surface area contributed by atoms with Crippen LogP contribution in [0, 0.1) is 13.8 Å². The third-order valence-electron chi connectivity index (χ3n) is 2.99. The zero-order valence-corrected chi connectivity index (χ0v) is 9.38. The number of rotatable bonds is 2. The normalized spacial score (nSPS) is 16.9. The fraction of sp³-hybridized carbons (Fsp3) is 0.636. The highest BCUT2D eigenvalue weighted by Gasteiger charge is 2.16. The van der Waals surface area contributed by atoms with E-state index in [1.165, 1.54) is 25.7 Å². The molecular weight excluding hydrogens is 188 g/mol. The van der Waals surface area contributed by atoms with Crippen molar-refractivity contribution >= 4 is 11.6 Å². The first kappa shape index (κ1) is 10.2. The number of aromatic nitrogens is 2. The van der Waals surface area contributed by atoms with E-state index in [1.807, 2.05) is 13.8 Å². The second-order valence-corrected chi connectivity index (χ2v) is 4.26. The molecule has 1 aromatic rings. The molecule has 4 nitrogen and oxygen atoms in total. The molecule has 0 spiro atoms. The summed E-state index contributed by atoms with van der Waals surface area (Å²) in [7, 11) is 0. The number of anilines is 2.